The minimum atomic E-state index is -1.04. The minimum Gasteiger partial charge on any atom is -0.400 e. The van der Waals surface area contributed by atoms with Crippen LogP contribution in [0.5, 0.6) is 0 Å². The van der Waals surface area contributed by atoms with Gasteiger partial charge in [-0.2, -0.15) is 0 Å². The lowest BCUT2D eigenvalue weighted by atomic mass is 10.3. The molecule has 1 N–H and O–H groups in total. The molecule has 1 amide bonds. The summed E-state index contributed by atoms with van der Waals surface area (Å²) in [6, 6.07) is 0. The van der Waals surface area contributed by atoms with Crippen molar-refractivity contribution < 1.29 is 23.4 Å². The number of hydrogen-bond donors (Lipinski definition) is 1. The van der Waals surface area contributed by atoms with Crippen molar-refractivity contribution in [3.8, 4) is 0 Å². The highest BCUT2D eigenvalue weighted by Crippen LogP contribution is 2.19. The molecule has 0 heterocycles. The van der Waals surface area contributed by atoms with E-state index < -0.39 is 15.7 Å². The average molecular weight is 334 g/mol. The summed E-state index contributed by atoms with van der Waals surface area (Å²) in [6.45, 7) is 14.1. The van der Waals surface area contributed by atoms with Crippen molar-refractivity contribution in [2.75, 3.05) is 20.0 Å². The highest BCUT2D eigenvalue weighted by molar-refractivity contribution is 6.30. The van der Waals surface area contributed by atoms with Crippen molar-refractivity contribution in [2.24, 2.45) is 0 Å². The van der Waals surface area contributed by atoms with Crippen LogP contribution in [0.25, 0.3) is 0 Å². The molecular formula is C15H31NO5Si. The Morgan fingerprint density at radius 3 is 2.18 bits per heavy atom. The summed E-state index contributed by atoms with van der Waals surface area (Å²) in [6.07, 6.45) is 1.39. The smallest absolute Gasteiger partial charge is 0.284 e. The van der Waals surface area contributed by atoms with Gasteiger partial charge in [-0.3, -0.25) is 4.79 Å². The summed E-state index contributed by atoms with van der Waals surface area (Å²) >= 11 is 0. The molecule has 0 bridgehead atoms. The van der Waals surface area contributed by atoms with E-state index in [0.29, 0.717) is 25.2 Å². The van der Waals surface area contributed by atoms with Gasteiger partial charge in [-0.15, -0.1) is 0 Å². The SMILES string of the molecule is C=C(C)C(=O)NC(CC)[SiH2]OCOC(CC)(OCC)OCC. The third-order valence-electron chi connectivity index (χ3n) is 3.06. The Labute approximate surface area is 136 Å². The maximum atomic E-state index is 11.6. The minimum absolute atomic E-state index is 0.0583. The van der Waals surface area contributed by atoms with E-state index in [1.807, 2.05) is 27.7 Å². The van der Waals surface area contributed by atoms with E-state index >= 15 is 0 Å². The molecule has 0 aromatic carbocycles. The molecule has 0 radical (unpaired) electrons. The third-order valence-corrected chi connectivity index (χ3v) is 4.64. The molecule has 7 heteroatoms. The molecule has 1 unspecified atom stereocenters. The lowest BCUT2D eigenvalue weighted by molar-refractivity contribution is -0.391. The molecule has 1 atom stereocenters. The van der Waals surface area contributed by atoms with Crippen LogP contribution in [0.3, 0.4) is 0 Å². The highest BCUT2D eigenvalue weighted by atomic mass is 28.2. The van der Waals surface area contributed by atoms with Crippen LogP contribution in [-0.2, 0) is 23.4 Å². The number of ether oxygens (including phenoxy) is 3. The van der Waals surface area contributed by atoms with Gasteiger partial charge in [0.05, 0.1) is 0 Å². The molecule has 0 aliphatic rings. The van der Waals surface area contributed by atoms with Crippen LogP contribution in [0.15, 0.2) is 12.2 Å². The molecule has 0 saturated carbocycles. The Hall–Kier alpha value is -0.733. The molecule has 0 spiro atoms. The lowest BCUT2D eigenvalue weighted by Gasteiger charge is -2.31. The number of rotatable bonds is 13. The zero-order valence-corrected chi connectivity index (χ0v) is 16.0. The molecule has 0 aliphatic carbocycles. The fourth-order valence-electron chi connectivity index (χ4n) is 1.76. The first kappa shape index (κ1) is 21.3. The second-order valence-corrected chi connectivity index (χ2v) is 6.62. The summed E-state index contributed by atoms with van der Waals surface area (Å²) in [5.74, 6) is -1.17. The van der Waals surface area contributed by atoms with Gasteiger partial charge in [0.15, 0.2) is 9.76 Å². The first-order chi connectivity index (χ1) is 10.4. The van der Waals surface area contributed by atoms with Crippen LogP contribution < -0.4 is 5.32 Å². The summed E-state index contributed by atoms with van der Waals surface area (Å²) in [4.78, 5) is 11.6. The van der Waals surface area contributed by atoms with Gasteiger partial charge in [0.25, 0.3) is 5.97 Å². The second-order valence-electron chi connectivity index (χ2n) is 4.89. The summed E-state index contributed by atoms with van der Waals surface area (Å²) in [5.41, 5.74) is 0.560. The van der Waals surface area contributed by atoms with Crippen molar-refractivity contribution >= 4 is 15.7 Å². The summed E-state index contributed by atoms with van der Waals surface area (Å²) in [5, 5.41) is 2.91. The van der Waals surface area contributed by atoms with E-state index in [2.05, 4.69) is 11.9 Å². The fraction of sp³-hybridized carbons (Fsp3) is 0.800. The Kier molecular flexibility index (Phi) is 11.4. The Morgan fingerprint density at radius 2 is 1.77 bits per heavy atom. The third kappa shape index (κ3) is 8.05. The molecule has 0 aromatic heterocycles. The van der Waals surface area contributed by atoms with Gasteiger partial charge in [-0.25, -0.2) is 0 Å². The Bertz CT molecular complexity index is 332. The molecule has 0 aliphatic heterocycles. The number of carbonyl (C=O) groups excluding carboxylic acids is 1. The van der Waals surface area contributed by atoms with Crippen LogP contribution in [0.4, 0.5) is 0 Å². The van der Waals surface area contributed by atoms with E-state index in [4.69, 9.17) is 18.6 Å². The maximum absolute atomic E-state index is 11.6. The highest BCUT2D eigenvalue weighted by Gasteiger charge is 2.30. The lowest BCUT2D eigenvalue weighted by Crippen LogP contribution is -2.42. The van der Waals surface area contributed by atoms with Crippen LogP contribution in [0.2, 0.25) is 0 Å². The van der Waals surface area contributed by atoms with E-state index in [-0.39, 0.29) is 18.4 Å². The molecule has 0 saturated heterocycles. The first-order valence-corrected chi connectivity index (χ1v) is 9.29. The van der Waals surface area contributed by atoms with Crippen molar-refractivity contribution in [3.63, 3.8) is 0 Å². The van der Waals surface area contributed by atoms with Gasteiger partial charge in [0.1, 0.15) is 6.79 Å². The van der Waals surface area contributed by atoms with Crippen molar-refractivity contribution in [1.82, 2.24) is 5.32 Å². The van der Waals surface area contributed by atoms with E-state index in [0.717, 1.165) is 6.42 Å². The van der Waals surface area contributed by atoms with Crippen molar-refractivity contribution in [3.05, 3.63) is 12.2 Å². The average Bonchev–Trinajstić information content (AvgIpc) is 2.50. The molecule has 0 rings (SSSR count). The van der Waals surface area contributed by atoms with Gasteiger partial charge >= 0.3 is 0 Å². The van der Waals surface area contributed by atoms with Crippen LogP contribution in [0, 0.1) is 0 Å². The largest absolute Gasteiger partial charge is 0.400 e. The number of hydrogen-bond acceptors (Lipinski definition) is 5. The van der Waals surface area contributed by atoms with Crippen LogP contribution in [-0.4, -0.2) is 47.3 Å². The molecular weight excluding hydrogens is 302 g/mol. The van der Waals surface area contributed by atoms with Crippen molar-refractivity contribution in [1.29, 1.82) is 0 Å². The Balaban J connectivity index is 4.24. The molecule has 130 valence electrons. The topological polar surface area (TPSA) is 66.0 Å². The van der Waals surface area contributed by atoms with E-state index in [9.17, 15) is 4.79 Å². The number of nitrogens with one attached hydrogen (secondary N) is 1. The van der Waals surface area contributed by atoms with E-state index in [1.54, 1.807) is 6.92 Å². The van der Waals surface area contributed by atoms with Crippen LogP contribution in [0.1, 0.15) is 47.5 Å². The van der Waals surface area contributed by atoms with Gasteiger partial charge < -0.3 is 24.0 Å². The number of carbonyl (C=O) groups is 1. The molecule has 6 nitrogen and oxygen atoms in total. The predicted molar refractivity (Wildman–Crippen MR) is 88.9 cm³/mol. The molecule has 0 fully saturated rings. The van der Waals surface area contributed by atoms with Crippen LogP contribution >= 0.6 is 0 Å². The van der Waals surface area contributed by atoms with Gasteiger partial charge in [-0.05, 0) is 27.2 Å². The second kappa shape index (κ2) is 11.8. The van der Waals surface area contributed by atoms with Crippen molar-refractivity contribution in [2.45, 2.75) is 59.1 Å². The zero-order chi connectivity index (χ0) is 17.0. The monoisotopic (exact) mass is 333 g/mol. The van der Waals surface area contributed by atoms with Gasteiger partial charge in [0, 0.05) is 30.9 Å². The predicted octanol–water partition coefficient (Wildman–Crippen LogP) is 1.63. The molecule has 22 heavy (non-hydrogen) atoms. The quantitative estimate of drug-likeness (QED) is 0.240. The summed E-state index contributed by atoms with van der Waals surface area (Å²) in [7, 11) is -0.963. The normalized spacial score (nSPS) is 13.5. The summed E-state index contributed by atoms with van der Waals surface area (Å²) < 4.78 is 22.4. The van der Waals surface area contributed by atoms with E-state index in [1.165, 1.54) is 0 Å². The molecule has 0 aromatic rings. The van der Waals surface area contributed by atoms with Gasteiger partial charge in [-0.1, -0.05) is 20.4 Å². The maximum Gasteiger partial charge on any atom is 0.284 e. The number of amides is 1. The Morgan fingerprint density at radius 1 is 1.18 bits per heavy atom. The first-order valence-electron chi connectivity index (χ1n) is 7.90. The fourth-order valence-corrected chi connectivity index (χ4v) is 2.73. The zero-order valence-electron chi connectivity index (χ0n) is 14.6. The standard InChI is InChI=1S/C15H31NO5Si/c1-7-13(16-14(17)12(5)6)22-21-11-20-15(8-2,18-9-3)19-10-4/h13H,5,7-11,22H2,1-4,6H3,(H,16,17). The van der Waals surface area contributed by atoms with Gasteiger partial charge in [0.2, 0.25) is 5.91 Å².